The molecule has 0 bridgehead atoms. The van der Waals surface area contributed by atoms with Crippen molar-refractivity contribution in [2.45, 2.75) is 6.55 Å². The number of benzene rings is 1. The van der Waals surface area contributed by atoms with Gasteiger partial charge in [0.15, 0.2) is 0 Å². The number of anilines is 1. The monoisotopic (exact) mass is 137 g/mol. The van der Waals surface area contributed by atoms with Crippen LogP contribution in [0.5, 0.6) is 0 Å². The standard InChI is InChI=1S/C7H11NSi/c1-9-7-4-2-6(8)3-5-7/h2-5H,8-9H2,1H3. The van der Waals surface area contributed by atoms with Crippen molar-refractivity contribution in [3.05, 3.63) is 24.3 Å². The van der Waals surface area contributed by atoms with Crippen LogP contribution in [0.15, 0.2) is 24.3 Å². The summed E-state index contributed by atoms with van der Waals surface area (Å²) in [6.45, 7) is 2.27. The fourth-order valence-corrected chi connectivity index (χ4v) is 1.46. The van der Waals surface area contributed by atoms with E-state index in [-0.39, 0.29) is 9.52 Å². The lowest BCUT2D eigenvalue weighted by atomic mass is 10.3. The Morgan fingerprint density at radius 3 is 2.22 bits per heavy atom. The molecule has 2 heteroatoms. The molecule has 1 aromatic rings. The van der Waals surface area contributed by atoms with Gasteiger partial charge in [0.05, 0.1) is 9.52 Å². The summed E-state index contributed by atoms with van der Waals surface area (Å²) in [6.07, 6.45) is 0. The summed E-state index contributed by atoms with van der Waals surface area (Å²) in [5.74, 6) is 0. The van der Waals surface area contributed by atoms with E-state index in [0.29, 0.717) is 0 Å². The van der Waals surface area contributed by atoms with Gasteiger partial charge in [-0.1, -0.05) is 23.9 Å². The van der Waals surface area contributed by atoms with E-state index >= 15 is 0 Å². The SMILES string of the molecule is C[SiH2]c1ccc(N)cc1. The van der Waals surface area contributed by atoms with Gasteiger partial charge in [0, 0.05) is 5.69 Å². The highest BCUT2D eigenvalue weighted by molar-refractivity contribution is 6.51. The molecule has 0 spiro atoms. The van der Waals surface area contributed by atoms with E-state index in [4.69, 9.17) is 5.73 Å². The minimum Gasteiger partial charge on any atom is -0.399 e. The van der Waals surface area contributed by atoms with Crippen LogP contribution in [0.25, 0.3) is 0 Å². The van der Waals surface area contributed by atoms with Gasteiger partial charge < -0.3 is 5.73 Å². The molecule has 0 radical (unpaired) electrons. The van der Waals surface area contributed by atoms with E-state index in [1.807, 2.05) is 12.1 Å². The lowest BCUT2D eigenvalue weighted by molar-refractivity contribution is 1.72. The predicted octanol–water partition coefficient (Wildman–Crippen LogP) is 0.111. The molecule has 0 atom stereocenters. The predicted molar refractivity (Wildman–Crippen MR) is 44.9 cm³/mol. The molecule has 0 saturated carbocycles. The zero-order valence-electron chi connectivity index (χ0n) is 5.59. The summed E-state index contributed by atoms with van der Waals surface area (Å²) >= 11 is 0. The van der Waals surface area contributed by atoms with Gasteiger partial charge in [-0.3, -0.25) is 0 Å². The topological polar surface area (TPSA) is 26.0 Å². The number of hydrogen-bond acceptors (Lipinski definition) is 1. The van der Waals surface area contributed by atoms with Crippen molar-refractivity contribution in [1.29, 1.82) is 0 Å². The first-order valence-electron chi connectivity index (χ1n) is 3.17. The molecule has 48 valence electrons. The molecular formula is C7H11NSi. The number of rotatable bonds is 1. The molecular weight excluding hydrogens is 126 g/mol. The molecule has 0 aliphatic carbocycles. The molecule has 0 aliphatic rings. The number of nitrogen functional groups attached to an aromatic ring is 1. The largest absolute Gasteiger partial charge is 0.399 e. The van der Waals surface area contributed by atoms with E-state index in [9.17, 15) is 0 Å². The van der Waals surface area contributed by atoms with Crippen molar-refractivity contribution >= 4 is 20.4 Å². The Morgan fingerprint density at radius 1 is 1.22 bits per heavy atom. The van der Waals surface area contributed by atoms with Crippen molar-refractivity contribution in [3.63, 3.8) is 0 Å². The van der Waals surface area contributed by atoms with Crippen LogP contribution in [0.2, 0.25) is 6.55 Å². The summed E-state index contributed by atoms with van der Waals surface area (Å²) < 4.78 is 0. The Labute approximate surface area is 57.7 Å². The summed E-state index contributed by atoms with van der Waals surface area (Å²) in [6, 6.07) is 8.15. The second kappa shape index (κ2) is 2.69. The zero-order valence-corrected chi connectivity index (χ0v) is 7.01. The fraction of sp³-hybridized carbons (Fsp3) is 0.143. The lowest BCUT2D eigenvalue weighted by Gasteiger charge is -1.94. The third-order valence-corrected chi connectivity index (χ3v) is 2.68. The molecule has 0 aliphatic heterocycles. The average molecular weight is 137 g/mol. The highest BCUT2D eigenvalue weighted by atomic mass is 28.2. The van der Waals surface area contributed by atoms with E-state index in [1.54, 1.807) is 0 Å². The summed E-state index contributed by atoms with van der Waals surface area (Å²) in [7, 11) is 0.0197. The first-order chi connectivity index (χ1) is 4.33. The molecule has 0 aromatic heterocycles. The molecule has 1 rings (SSSR count). The Hall–Kier alpha value is -0.763. The van der Waals surface area contributed by atoms with Gasteiger partial charge in [-0.05, 0) is 12.1 Å². The molecule has 0 heterocycles. The molecule has 0 amide bonds. The molecule has 1 nitrogen and oxygen atoms in total. The quantitative estimate of drug-likeness (QED) is 0.431. The van der Waals surface area contributed by atoms with Crippen LogP contribution in [0.3, 0.4) is 0 Å². The second-order valence-electron chi connectivity index (χ2n) is 2.10. The van der Waals surface area contributed by atoms with Crippen molar-refractivity contribution in [2.24, 2.45) is 0 Å². The molecule has 0 fully saturated rings. The van der Waals surface area contributed by atoms with Crippen LogP contribution in [0.1, 0.15) is 0 Å². The Kier molecular flexibility index (Phi) is 1.90. The van der Waals surface area contributed by atoms with Crippen molar-refractivity contribution < 1.29 is 0 Å². The van der Waals surface area contributed by atoms with Gasteiger partial charge in [0.2, 0.25) is 0 Å². The van der Waals surface area contributed by atoms with Gasteiger partial charge >= 0.3 is 0 Å². The van der Waals surface area contributed by atoms with Gasteiger partial charge in [0.25, 0.3) is 0 Å². The highest BCUT2D eigenvalue weighted by Gasteiger charge is 1.85. The van der Waals surface area contributed by atoms with Crippen LogP contribution in [0.4, 0.5) is 5.69 Å². The van der Waals surface area contributed by atoms with Crippen LogP contribution in [-0.4, -0.2) is 9.52 Å². The minimum atomic E-state index is 0.0197. The second-order valence-corrected chi connectivity index (χ2v) is 3.62. The smallest absolute Gasteiger partial charge is 0.0517 e. The average Bonchev–Trinajstić information content (AvgIpc) is 1.90. The van der Waals surface area contributed by atoms with Gasteiger partial charge in [-0.15, -0.1) is 0 Å². The highest BCUT2D eigenvalue weighted by Crippen LogP contribution is 1.94. The maximum Gasteiger partial charge on any atom is 0.0517 e. The van der Waals surface area contributed by atoms with Gasteiger partial charge in [-0.25, -0.2) is 0 Å². The molecule has 9 heavy (non-hydrogen) atoms. The Morgan fingerprint density at radius 2 is 1.78 bits per heavy atom. The summed E-state index contributed by atoms with van der Waals surface area (Å²) in [5.41, 5.74) is 6.36. The Bertz CT molecular complexity index is 181. The first-order valence-corrected chi connectivity index (χ1v) is 5.29. The Balaban J connectivity index is 2.88. The third-order valence-electron chi connectivity index (χ3n) is 1.39. The van der Waals surface area contributed by atoms with Crippen molar-refractivity contribution in [2.75, 3.05) is 5.73 Å². The molecule has 2 N–H and O–H groups in total. The first kappa shape index (κ1) is 6.36. The van der Waals surface area contributed by atoms with Crippen molar-refractivity contribution in [1.82, 2.24) is 0 Å². The summed E-state index contributed by atoms with van der Waals surface area (Å²) in [4.78, 5) is 0. The normalized spacial score (nSPS) is 10.8. The number of hydrogen-bond donors (Lipinski definition) is 1. The number of nitrogens with two attached hydrogens (primary N) is 1. The summed E-state index contributed by atoms with van der Waals surface area (Å²) in [5, 5.41) is 1.48. The zero-order chi connectivity index (χ0) is 6.69. The molecule has 0 saturated heterocycles. The molecule has 1 aromatic carbocycles. The molecule has 0 unspecified atom stereocenters. The van der Waals surface area contributed by atoms with Gasteiger partial charge in [0.1, 0.15) is 0 Å². The maximum atomic E-state index is 5.50. The van der Waals surface area contributed by atoms with Crippen LogP contribution in [0, 0.1) is 0 Å². The minimum absolute atomic E-state index is 0.0197. The third kappa shape index (κ3) is 1.57. The fourth-order valence-electron chi connectivity index (χ4n) is 0.753. The van der Waals surface area contributed by atoms with Crippen molar-refractivity contribution in [3.8, 4) is 0 Å². The van der Waals surface area contributed by atoms with Crippen LogP contribution >= 0.6 is 0 Å². The van der Waals surface area contributed by atoms with E-state index < -0.39 is 0 Å². The van der Waals surface area contributed by atoms with E-state index in [2.05, 4.69) is 18.7 Å². The van der Waals surface area contributed by atoms with E-state index in [1.165, 1.54) is 5.19 Å². The van der Waals surface area contributed by atoms with Gasteiger partial charge in [-0.2, -0.15) is 0 Å². The lowest BCUT2D eigenvalue weighted by Crippen LogP contribution is -2.08. The van der Waals surface area contributed by atoms with E-state index in [0.717, 1.165) is 5.69 Å². The van der Waals surface area contributed by atoms with Crippen LogP contribution < -0.4 is 10.9 Å². The maximum absolute atomic E-state index is 5.50. The van der Waals surface area contributed by atoms with Crippen LogP contribution in [-0.2, 0) is 0 Å².